The zero-order valence-corrected chi connectivity index (χ0v) is 8.35. The topological polar surface area (TPSA) is 64.7 Å². The number of oxime groups is 1. The summed E-state index contributed by atoms with van der Waals surface area (Å²) in [6.07, 6.45) is 3.29. The van der Waals surface area contributed by atoms with Crippen LogP contribution in [0.2, 0.25) is 19.6 Å². The number of nitrogens with zero attached hydrogens (tertiary/aromatic N) is 2. The van der Waals surface area contributed by atoms with Crippen molar-refractivity contribution < 1.29 is 9.45 Å². The van der Waals surface area contributed by atoms with Crippen molar-refractivity contribution in [1.29, 1.82) is 0 Å². The Balaban J connectivity index is 3.72. The summed E-state index contributed by atoms with van der Waals surface area (Å²) in [5.74, 6) is 0. The Morgan fingerprint density at radius 2 is 2.08 bits per heavy atom. The molecule has 0 saturated carbocycles. The molecule has 0 unspecified atom stereocenters. The lowest BCUT2D eigenvalue weighted by Crippen LogP contribution is -2.22. The van der Waals surface area contributed by atoms with Crippen LogP contribution in [-0.2, 0) is 4.53 Å². The normalized spacial score (nSPS) is 12.6. The smallest absolute Gasteiger partial charge is 0.278 e. The molecular formula is C6H12N2O3Si. The van der Waals surface area contributed by atoms with Gasteiger partial charge in [-0.05, 0) is 19.6 Å². The van der Waals surface area contributed by atoms with E-state index in [2.05, 4.69) is 5.16 Å². The van der Waals surface area contributed by atoms with E-state index in [1.54, 1.807) is 0 Å². The van der Waals surface area contributed by atoms with Crippen LogP contribution in [0.5, 0.6) is 0 Å². The van der Waals surface area contributed by atoms with Gasteiger partial charge in [-0.1, -0.05) is 0 Å². The quantitative estimate of drug-likeness (QED) is 0.291. The van der Waals surface area contributed by atoms with E-state index in [0.29, 0.717) is 0 Å². The summed E-state index contributed by atoms with van der Waals surface area (Å²) in [5.41, 5.74) is 0. The summed E-state index contributed by atoms with van der Waals surface area (Å²) in [7, 11) is -1.64. The molecule has 0 spiro atoms. The van der Waals surface area contributed by atoms with Gasteiger partial charge in [0.25, 0.3) is 8.32 Å². The number of nitro groups is 1. The fraction of sp³-hybridized carbons (Fsp3) is 0.500. The van der Waals surface area contributed by atoms with E-state index in [1.807, 2.05) is 19.6 Å². The third-order valence-corrected chi connectivity index (χ3v) is 1.33. The van der Waals surface area contributed by atoms with Gasteiger partial charge in [0.1, 0.15) is 0 Å². The molecule has 0 N–H and O–H groups in total. The molecule has 0 amide bonds. The van der Waals surface area contributed by atoms with E-state index in [0.717, 1.165) is 6.20 Å². The second-order valence-corrected chi connectivity index (χ2v) is 7.49. The van der Waals surface area contributed by atoms with Gasteiger partial charge >= 0.3 is 0 Å². The summed E-state index contributed by atoms with van der Waals surface area (Å²) >= 11 is 0. The van der Waals surface area contributed by atoms with Crippen molar-refractivity contribution in [3.8, 4) is 0 Å². The Bertz CT molecular complexity index is 207. The van der Waals surface area contributed by atoms with Crippen LogP contribution in [0.25, 0.3) is 0 Å². The SMILES string of the molecule is C[Si](C)(C)O/N=C/C=C/[N+](=O)[O-]. The molecule has 0 saturated heterocycles. The summed E-state index contributed by atoms with van der Waals surface area (Å²) in [6.45, 7) is 5.92. The van der Waals surface area contributed by atoms with Crippen molar-refractivity contribution in [2.24, 2.45) is 5.16 Å². The van der Waals surface area contributed by atoms with E-state index < -0.39 is 13.2 Å². The molecule has 0 atom stereocenters. The van der Waals surface area contributed by atoms with E-state index in [1.165, 1.54) is 12.3 Å². The predicted molar refractivity (Wildman–Crippen MR) is 49.1 cm³/mol. The van der Waals surface area contributed by atoms with Gasteiger partial charge in [-0.25, -0.2) is 0 Å². The van der Waals surface area contributed by atoms with Gasteiger partial charge in [-0.15, -0.1) is 5.16 Å². The van der Waals surface area contributed by atoms with Crippen molar-refractivity contribution in [3.63, 3.8) is 0 Å². The Morgan fingerprint density at radius 3 is 2.50 bits per heavy atom. The lowest BCUT2D eigenvalue weighted by molar-refractivity contribution is -0.402. The molecule has 12 heavy (non-hydrogen) atoms. The molecule has 0 aliphatic carbocycles. The molecule has 0 aliphatic rings. The Labute approximate surface area is 72.0 Å². The fourth-order valence-corrected chi connectivity index (χ4v) is 0.710. The fourth-order valence-electron chi connectivity index (χ4n) is 0.332. The highest BCUT2D eigenvalue weighted by molar-refractivity contribution is 6.69. The molecule has 0 rings (SSSR count). The summed E-state index contributed by atoms with van der Waals surface area (Å²) in [6, 6.07) is 0. The van der Waals surface area contributed by atoms with E-state index in [4.69, 9.17) is 4.53 Å². The minimum Gasteiger partial charge on any atom is -0.456 e. The third kappa shape index (κ3) is 8.83. The van der Waals surface area contributed by atoms with Gasteiger partial charge < -0.3 is 4.53 Å². The monoisotopic (exact) mass is 188 g/mol. The van der Waals surface area contributed by atoms with Gasteiger partial charge in [-0.2, -0.15) is 0 Å². The first-order valence-electron chi connectivity index (χ1n) is 3.43. The summed E-state index contributed by atoms with van der Waals surface area (Å²) < 4.78 is 5.05. The minimum atomic E-state index is -1.64. The average Bonchev–Trinajstić information content (AvgIpc) is 1.83. The molecule has 0 fully saturated rings. The number of rotatable bonds is 4. The van der Waals surface area contributed by atoms with E-state index >= 15 is 0 Å². The Kier molecular flexibility index (Phi) is 4.20. The third-order valence-electron chi connectivity index (χ3n) is 0.681. The molecule has 68 valence electrons. The van der Waals surface area contributed by atoms with Crippen LogP contribution in [0.15, 0.2) is 17.4 Å². The maximum Gasteiger partial charge on any atom is 0.278 e. The van der Waals surface area contributed by atoms with Crippen LogP contribution in [0, 0.1) is 10.1 Å². The van der Waals surface area contributed by atoms with Gasteiger partial charge in [0.2, 0.25) is 6.20 Å². The van der Waals surface area contributed by atoms with Gasteiger partial charge in [-0.3, -0.25) is 10.1 Å². The van der Waals surface area contributed by atoms with Crippen molar-refractivity contribution in [3.05, 3.63) is 22.4 Å². The highest BCUT2D eigenvalue weighted by Gasteiger charge is 2.14. The van der Waals surface area contributed by atoms with Crippen LogP contribution in [0.1, 0.15) is 0 Å². The van der Waals surface area contributed by atoms with Crippen molar-refractivity contribution in [2.45, 2.75) is 19.6 Å². The van der Waals surface area contributed by atoms with Gasteiger partial charge in [0.15, 0.2) is 0 Å². The van der Waals surface area contributed by atoms with E-state index in [-0.39, 0.29) is 0 Å². The van der Waals surface area contributed by atoms with Crippen LogP contribution in [-0.4, -0.2) is 19.5 Å². The molecule has 0 bridgehead atoms. The zero-order valence-electron chi connectivity index (χ0n) is 7.35. The molecule has 0 aromatic rings. The maximum atomic E-state index is 9.78. The number of hydrogen-bond acceptors (Lipinski definition) is 4. The molecule has 0 aliphatic heterocycles. The molecule has 0 aromatic heterocycles. The van der Waals surface area contributed by atoms with Crippen LogP contribution in [0.3, 0.4) is 0 Å². The second kappa shape index (κ2) is 4.65. The lowest BCUT2D eigenvalue weighted by atomic mass is 10.7. The van der Waals surface area contributed by atoms with Gasteiger partial charge in [0.05, 0.1) is 11.1 Å². The number of allylic oxidation sites excluding steroid dienone is 1. The highest BCUT2D eigenvalue weighted by Crippen LogP contribution is 2.01. The van der Waals surface area contributed by atoms with Crippen LogP contribution < -0.4 is 0 Å². The van der Waals surface area contributed by atoms with Crippen LogP contribution >= 0.6 is 0 Å². The molecule has 0 aromatic carbocycles. The maximum absolute atomic E-state index is 9.78. The van der Waals surface area contributed by atoms with Crippen molar-refractivity contribution in [1.82, 2.24) is 0 Å². The highest BCUT2D eigenvalue weighted by atomic mass is 28.4. The molecular weight excluding hydrogens is 176 g/mol. The summed E-state index contributed by atoms with van der Waals surface area (Å²) in [5, 5.41) is 13.3. The number of hydrogen-bond donors (Lipinski definition) is 0. The summed E-state index contributed by atoms with van der Waals surface area (Å²) in [4.78, 5) is 9.23. The van der Waals surface area contributed by atoms with Crippen molar-refractivity contribution in [2.75, 3.05) is 0 Å². The molecule has 0 radical (unpaired) electrons. The average molecular weight is 188 g/mol. The Morgan fingerprint density at radius 1 is 1.50 bits per heavy atom. The lowest BCUT2D eigenvalue weighted by Gasteiger charge is -2.11. The first-order valence-corrected chi connectivity index (χ1v) is 6.84. The predicted octanol–water partition coefficient (Wildman–Crippen LogP) is 1.61. The molecule has 0 heterocycles. The minimum absolute atomic E-state index is 0.555. The first-order chi connectivity index (χ1) is 5.42. The molecule has 6 heteroatoms. The Hall–Kier alpha value is -1.17. The first kappa shape index (κ1) is 10.8. The second-order valence-electron chi connectivity index (χ2n) is 3.09. The van der Waals surface area contributed by atoms with Gasteiger partial charge in [0, 0.05) is 6.08 Å². The largest absolute Gasteiger partial charge is 0.456 e. The zero-order chi connectivity index (χ0) is 9.61. The van der Waals surface area contributed by atoms with Crippen molar-refractivity contribution >= 4 is 14.5 Å². The van der Waals surface area contributed by atoms with E-state index in [9.17, 15) is 10.1 Å². The van der Waals surface area contributed by atoms with Crippen LogP contribution in [0.4, 0.5) is 0 Å². The standard InChI is InChI=1S/C6H12N2O3Si/c1-12(2,3)11-7-5-4-6-8(9)10/h4-6H,1-3H3/b6-4+,7-5+. The molecule has 5 nitrogen and oxygen atoms in total.